The van der Waals surface area contributed by atoms with Crippen LogP contribution in [0, 0.1) is 6.92 Å². The lowest BCUT2D eigenvalue weighted by molar-refractivity contribution is -0.141. The van der Waals surface area contributed by atoms with Crippen LogP contribution in [0.1, 0.15) is 42.9 Å². The summed E-state index contributed by atoms with van der Waals surface area (Å²) in [5.74, 6) is 1.55. The molecule has 140 valence electrons. The van der Waals surface area contributed by atoms with Crippen LogP contribution in [-0.4, -0.2) is 40.8 Å². The third-order valence-corrected chi connectivity index (χ3v) is 5.39. The number of piperidine rings is 1. The van der Waals surface area contributed by atoms with E-state index in [0.29, 0.717) is 6.54 Å². The molecular formula is C19H25N3O4. The summed E-state index contributed by atoms with van der Waals surface area (Å²) in [5.41, 5.74) is 0.823. The second kappa shape index (κ2) is 7.25. The van der Waals surface area contributed by atoms with Crippen molar-refractivity contribution in [1.29, 1.82) is 0 Å². The third kappa shape index (κ3) is 3.83. The van der Waals surface area contributed by atoms with Crippen molar-refractivity contribution < 1.29 is 18.5 Å². The summed E-state index contributed by atoms with van der Waals surface area (Å²) in [7, 11) is 0. The summed E-state index contributed by atoms with van der Waals surface area (Å²) in [6.45, 7) is 5.02. The van der Waals surface area contributed by atoms with Gasteiger partial charge in [0.15, 0.2) is 0 Å². The Morgan fingerprint density at radius 3 is 2.92 bits per heavy atom. The van der Waals surface area contributed by atoms with Crippen LogP contribution >= 0.6 is 0 Å². The van der Waals surface area contributed by atoms with E-state index in [0.717, 1.165) is 62.5 Å². The highest BCUT2D eigenvalue weighted by Crippen LogP contribution is 2.39. The first-order valence-corrected chi connectivity index (χ1v) is 9.24. The summed E-state index contributed by atoms with van der Waals surface area (Å²) < 4.78 is 16.6. The first kappa shape index (κ1) is 17.3. The van der Waals surface area contributed by atoms with Crippen LogP contribution in [0.5, 0.6) is 0 Å². The van der Waals surface area contributed by atoms with Gasteiger partial charge in [0.25, 0.3) is 0 Å². The third-order valence-electron chi connectivity index (χ3n) is 5.39. The molecule has 2 aromatic rings. The lowest BCUT2D eigenvalue weighted by Crippen LogP contribution is -2.45. The molecule has 2 saturated heterocycles. The Labute approximate surface area is 152 Å². The van der Waals surface area contributed by atoms with Gasteiger partial charge in [0, 0.05) is 25.7 Å². The molecule has 0 aromatic carbocycles. The van der Waals surface area contributed by atoms with Gasteiger partial charge in [0.2, 0.25) is 5.91 Å². The highest BCUT2D eigenvalue weighted by Gasteiger charge is 2.44. The fourth-order valence-electron chi connectivity index (χ4n) is 3.91. The average molecular weight is 359 g/mol. The van der Waals surface area contributed by atoms with Gasteiger partial charge in [-0.1, -0.05) is 5.16 Å². The minimum absolute atomic E-state index is 0.0428. The molecule has 2 fully saturated rings. The molecule has 1 spiro atoms. The van der Waals surface area contributed by atoms with E-state index in [-0.39, 0.29) is 17.6 Å². The van der Waals surface area contributed by atoms with Gasteiger partial charge < -0.3 is 19.0 Å². The second-order valence-electron chi connectivity index (χ2n) is 7.33. The number of carbonyl (C=O) groups is 1. The van der Waals surface area contributed by atoms with Crippen LogP contribution in [0.4, 0.5) is 0 Å². The quantitative estimate of drug-likeness (QED) is 0.883. The monoisotopic (exact) mass is 359 g/mol. The lowest BCUT2D eigenvalue weighted by Gasteiger charge is -2.38. The van der Waals surface area contributed by atoms with E-state index >= 15 is 0 Å². The zero-order chi connectivity index (χ0) is 18.0. The molecule has 7 heteroatoms. The molecule has 4 heterocycles. The molecule has 4 rings (SSSR count). The first-order chi connectivity index (χ1) is 12.6. The van der Waals surface area contributed by atoms with Crippen molar-refractivity contribution in [3.63, 3.8) is 0 Å². The molecule has 0 aliphatic carbocycles. The van der Waals surface area contributed by atoms with Crippen molar-refractivity contribution >= 4 is 5.91 Å². The van der Waals surface area contributed by atoms with E-state index in [2.05, 4.69) is 15.4 Å². The Morgan fingerprint density at radius 1 is 1.38 bits per heavy atom. The Bertz CT molecular complexity index is 732. The number of hydrogen-bond acceptors (Lipinski definition) is 6. The maximum absolute atomic E-state index is 12.4. The summed E-state index contributed by atoms with van der Waals surface area (Å²) in [6, 6.07) is 5.65. The number of nitrogens with one attached hydrogen (secondary N) is 1. The van der Waals surface area contributed by atoms with Crippen LogP contribution in [0.15, 0.2) is 33.4 Å². The number of carbonyl (C=O) groups excluding carboxylic acids is 1. The normalized spacial score (nSPS) is 22.7. The minimum atomic E-state index is -0.352. The zero-order valence-electron chi connectivity index (χ0n) is 15.1. The minimum Gasteiger partial charge on any atom is -0.467 e. The molecule has 7 nitrogen and oxygen atoms in total. The van der Waals surface area contributed by atoms with Gasteiger partial charge in [-0.05, 0) is 44.7 Å². The van der Waals surface area contributed by atoms with E-state index in [1.54, 1.807) is 6.26 Å². The molecule has 1 amide bonds. The Balaban J connectivity index is 1.25. The molecule has 0 saturated carbocycles. The molecular weight excluding hydrogens is 334 g/mol. The summed E-state index contributed by atoms with van der Waals surface area (Å²) in [5, 5.41) is 6.97. The fraction of sp³-hybridized carbons (Fsp3) is 0.579. The van der Waals surface area contributed by atoms with Gasteiger partial charge >= 0.3 is 0 Å². The number of furan rings is 1. The van der Waals surface area contributed by atoms with Crippen molar-refractivity contribution in [3.05, 3.63) is 41.7 Å². The second-order valence-corrected chi connectivity index (χ2v) is 7.33. The Morgan fingerprint density at radius 2 is 2.23 bits per heavy atom. The Kier molecular flexibility index (Phi) is 4.82. The molecule has 1 atom stereocenters. The smallest absolute Gasteiger partial charge is 0.249 e. The molecule has 0 bridgehead atoms. The van der Waals surface area contributed by atoms with E-state index in [4.69, 9.17) is 13.7 Å². The van der Waals surface area contributed by atoms with Crippen molar-refractivity contribution in [2.75, 3.05) is 13.1 Å². The number of amides is 1. The van der Waals surface area contributed by atoms with Crippen LogP contribution in [-0.2, 0) is 22.6 Å². The molecule has 0 radical (unpaired) electrons. The predicted octanol–water partition coefficient (Wildman–Crippen LogP) is 2.41. The van der Waals surface area contributed by atoms with Crippen molar-refractivity contribution in [1.82, 2.24) is 15.4 Å². The van der Waals surface area contributed by atoms with Gasteiger partial charge in [-0.15, -0.1) is 0 Å². The van der Waals surface area contributed by atoms with E-state index in [1.165, 1.54) is 0 Å². The van der Waals surface area contributed by atoms with Crippen LogP contribution in [0.25, 0.3) is 0 Å². The number of ether oxygens (including phenoxy) is 1. The number of aromatic nitrogens is 1. The van der Waals surface area contributed by atoms with Gasteiger partial charge in [0.05, 0.1) is 24.1 Å². The highest BCUT2D eigenvalue weighted by molar-refractivity contribution is 5.81. The number of hydrogen-bond donors (Lipinski definition) is 1. The average Bonchev–Trinajstić information content (AvgIpc) is 3.37. The molecule has 1 N–H and O–H groups in total. The Hall–Kier alpha value is -2.12. The maximum atomic E-state index is 12.4. The van der Waals surface area contributed by atoms with Crippen LogP contribution in [0.2, 0.25) is 0 Å². The van der Waals surface area contributed by atoms with Crippen molar-refractivity contribution in [2.45, 2.75) is 57.4 Å². The van der Waals surface area contributed by atoms with Gasteiger partial charge in [-0.2, -0.15) is 0 Å². The zero-order valence-corrected chi connectivity index (χ0v) is 15.1. The number of rotatable bonds is 5. The van der Waals surface area contributed by atoms with Crippen molar-refractivity contribution in [2.24, 2.45) is 0 Å². The van der Waals surface area contributed by atoms with Crippen LogP contribution in [0.3, 0.4) is 0 Å². The summed E-state index contributed by atoms with van der Waals surface area (Å²) in [4.78, 5) is 14.7. The molecule has 0 unspecified atom stereocenters. The number of likely N-dealkylation sites (tertiary alicyclic amines) is 1. The van der Waals surface area contributed by atoms with E-state index in [9.17, 15) is 4.79 Å². The van der Waals surface area contributed by atoms with E-state index in [1.807, 2.05) is 25.1 Å². The SMILES string of the molecule is Cc1cc(CN2CCC3(CC[C@H](C(=O)NCc4ccco4)O3)CC2)no1. The standard InChI is InChI=1S/C19H25N3O4/c1-14-11-15(21-26-14)13-22-8-6-19(7-9-22)5-4-17(25-19)18(23)20-12-16-3-2-10-24-16/h2-3,10-11,17H,4-9,12-13H2,1H3,(H,20,23)/t17-/m1/s1. The number of nitrogens with zero attached hydrogens (tertiary/aromatic N) is 2. The maximum Gasteiger partial charge on any atom is 0.249 e. The topological polar surface area (TPSA) is 80.7 Å². The van der Waals surface area contributed by atoms with Crippen LogP contribution < -0.4 is 5.32 Å². The lowest BCUT2D eigenvalue weighted by atomic mass is 9.88. The summed E-state index contributed by atoms with van der Waals surface area (Å²) in [6.07, 6.45) is 4.89. The van der Waals surface area contributed by atoms with Gasteiger partial charge in [0.1, 0.15) is 17.6 Å². The number of aryl methyl sites for hydroxylation is 1. The molecule has 2 aliphatic heterocycles. The fourth-order valence-corrected chi connectivity index (χ4v) is 3.91. The van der Waals surface area contributed by atoms with Gasteiger partial charge in [-0.25, -0.2) is 0 Å². The molecule has 2 aliphatic rings. The first-order valence-electron chi connectivity index (χ1n) is 9.24. The largest absolute Gasteiger partial charge is 0.467 e. The molecule has 2 aromatic heterocycles. The van der Waals surface area contributed by atoms with Crippen molar-refractivity contribution in [3.8, 4) is 0 Å². The summed E-state index contributed by atoms with van der Waals surface area (Å²) >= 11 is 0. The highest BCUT2D eigenvalue weighted by atomic mass is 16.5. The predicted molar refractivity (Wildman–Crippen MR) is 93.1 cm³/mol. The van der Waals surface area contributed by atoms with Gasteiger partial charge in [-0.3, -0.25) is 9.69 Å². The van der Waals surface area contributed by atoms with E-state index < -0.39 is 0 Å². The molecule has 26 heavy (non-hydrogen) atoms.